The van der Waals surface area contributed by atoms with Gasteiger partial charge in [0, 0.05) is 12.5 Å². The Bertz CT molecular complexity index is 151. The second-order valence-corrected chi connectivity index (χ2v) is 3.53. The van der Waals surface area contributed by atoms with Crippen molar-refractivity contribution in [2.45, 2.75) is 20.8 Å². The minimum absolute atomic E-state index is 0.0909. The van der Waals surface area contributed by atoms with Gasteiger partial charge in [-0.3, -0.25) is 9.63 Å². The molecular formula is C8H17NO3. The third kappa shape index (κ3) is 3.19. The molecule has 0 saturated heterocycles. The number of methoxy groups -OCH3 is 1. The van der Waals surface area contributed by atoms with Crippen LogP contribution in [0, 0.1) is 5.41 Å². The average Bonchev–Trinajstić information content (AvgIpc) is 1.97. The maximum absolute atomic E-state index is 11.5. The molecule has 4 nitrogen and oxygen atoms in total. The van der Waals surface area contributed by atoms with Gasteiger partial charge in [-0.25, -0.2) is 0 Å². The molecule has 1 amide bonds. The van der Waals surface area contributed by atoms with E-state index in [4.69, 9.17) is 9.57 Å². The van der Waals surface area contributed by atoms with Gasteiger partial charge in [0.05, 0.1) is 7.11 Å². The van der Waals surface area contributed by atoms with E-state index < -0.39 is 5.41 Å². The summed E-state index contributed by atoms with van der Waals surface area (Å²) in [6.45, 7) is 5.65. The van der Waals surface area contributed by atoms with E-state index in [0.717, 1.165) is 0 Å². The van der Waals surface area contributed by atoms with Gasteiger partial charge >= 0.3 is 0 Å². The molecule has 0 fully saturated rings. The first-order chi connectivity index (χ1) is 5.43. The quantitative estimate of drug-likeness (QED) is 0.475. The van der Waals surface area contributed by atoms with Crippen molar-refractivity contribution in [2.24, 2.45) is 5.41 Å². The Balaban J connectivity index is 4.22. The fourth-order valence-corrected chi connectivity index (χ4v) is 0.686. The fraction of sp³-hybridized carbons (Fsp3) is 0.875. The third-order valence-corrected chi connectivity index (χ3v) is 1.33. The molecule has 12 heavy (non-hydrogen) atoms. The highest BCUT2D eigenvalue weighted by Crippen LogP contribution is 2.16. The van der Waals surface area contributed by atoms with E-state index in [1.165, 1.54) is 19.3 Å². The Hall–Kier alpha value is -0.610. The summed E-state index contributed by atoms with van der Waals surface area (Å²) in [6, 6.07) is 0. The lowest BCUT2D eigenvalue weighted by molar-refractivity contribution is -0.205. The zero-order chi connectivity index (χ0) is 9.78. The first-order valence-electron chi connectivity index (χ1n) is 3.78. The summed E-state index contributed by atoms with van der Waals surface area (Å²) in [5.41, 5.74) is -0.436. The summed E-state index contributed by atoms with van der Waals surface area (Å²) < 4.78 is 4.79. The molecule has 0 aliphatic rings. The van der Waals surface area contributed by atoms with Gasteiger partial charge in [-0.1, -0.05) is 20.8 Å². The summed E-state index contributed by atoms with van der Waals surface area (Å²) in [6.07, 6.45) is 0. The van der Waals surface area contributed by atoms with E-state index in [0.29, 0.717) is 0 Å². The van der Waals surface area contributed by atoms with Crippen LogP contribution in [-0.2, 0) is 14.4 Å². The number of carbonyl (C=O) groups is 1. The van der Waals surface area contributed by atoms with Gasteiger partial charge < -0.3 is 4.74 Å². The van der Waals surface area contributed by atoms with Crippen molar-refractivity contribution in [3.05, 3.63) is 0 Å². The molecule has 0 aromatic carbocycles. The minimum atomic E-state index is -0.436. The smallest absolute Gasteiger partial charge is 0.253 e. The molecule has 0 unspecified atom stereocenters. The van der Waals surface area contributed by atoms with Crippen molar-refractivity contribution in [2.75, 3.05) is 21.0 Å². The van der Waals surface area contributed by atoms with E-state index in [9.17, 15) is 4.79 Å². The number of hydrogen-bond acceptors (Lipinski definition) is 3. The molecule has 0 aromatic heterocycles. The van der Waals surface area contributed by atoms with Crippen LogP contribution in [0.15, 0.2) is 0 Å². The van der Waals surface area contributed by atoms with Crippen molar-refractivity contribution in [1.82, 2.24) is 5.06 Å². The molecule has 0 spiro atoms. The van der Waals surface area contributed by atoms with E-state index >= 15 is 0 Å². The second kappa shape index (κ2) is 4.42. The van der Waals surface area contributed by atoms with Crippen LogP contribution in [0.1, 0.15) is 20.8 Å². The molecule has 4 heteroatoms. The Morgan fingerprint density at radius 1 is 1.33 bits per heavy atom. The predicted molar refractivity (Wildman–Crippen MR) is 45.2 cm³/mol. The summed E-state index contributed by atoms with van der Waals surface area (Å²) >= 11 is 0. The summed E-state index contributed by atoms with van der Waals surface area (Å²) in [5, 5.41) is 1.19. The van der Waals surface area contributed by atoms with Crippen molar-refractivity contribution in [3.63, 3.8) is 0 Å². The van der Waals surface area contributed by atoms with E-state index in [1.54, 1.807) is 0 Å². The van der Waals surface area contributed by atoms with Crippen molar-refractivity contribution >= 4 is 5.91 Å². The molecule has 0 rings (SSSR count). The normalized spacial score (nSPS) is 11.4. The second-order valence-electron chi connectivity index (χ2n) is 3.53. The van der Waals surface area contributed by atoms with Crippen LogP contribution in [-0.4, -0.2) is 31.9 Å². The maximum Gasteiger partial charge on any atom is 0.253 e. The fourth-order valence-electron chi connectivity index (χ4n) is 0.686. The first kappa shape index (κ1) is 11.4. The van der Waals surface area contributed by atoms with Gasteiger partial charge in [-0.15, -0.1) is 0 Å². The molecule has 72 valence electrons. The number of hydrogen-bond donors (Lipinski definition) is 0. The number of carbonyl (C=O) groups excluding carboxylic acids is 1. The van der Waals surface area contributed by atoms with Crippen molar-refractivity contribution in [3.8, 4) is 0 Å². The van der Waals surface area contributed by atoms with Crippen LogP contribution in [0.25, 0.3) is 0 Å². The molecular weight excluding hydrogens is 158 g/mol. The molecule has 0 aromatic rings. The number of amides is 1. The van der Waals surface area contributed by atoms with Crippen LogP contribution >= 0.6 is 0 Å². The SMILES string of the molecule is COCN(OC)C(=O)C(C)(C)C. The number of ether oxygens (including phenoxy) is 1. The largest absolute Gasteiger partial charge is 0.362 e. The van der Waals surface area contributed by atoms with Gasteiger partial charge in [0.1, 0.15) is 6.73 Å². The summed E-state index contributed by atoms with van der Waals surface area (Å²) in [4.78, 5) is 16.3. The van der Waals surface area contributed by atoms with Crippen molar-refractivity contribution < 1.29 is 14.4 Å². The average molecular weight is 175 g/mol. The van der Waals surface area contributed by atoms with Gasteiger partial charge in [0.25, 0.3) is 5.91 Å². The van der Waals surface area contributed by atoms with Gasteiger partial charge in [0.2, 0.25) is 0 Å². The highest BCUT2D eigenvalue weighted by molar-refractivity contribution is 5.80. The lowest BCUT2D eigenvalue weighted by Gasteiger charge is -2.26. The Labute approximate surface area is 73.4 Å². The molecule has 0 radical (unpaired) electrons. The molecule has 0 aliphatic heterocycles. The first-order valence-corrected chi connectivity index (χ1v) is 3.78. The van der Waals surface area contributed by atoms with E-state index in [-0.39, 0.29) is 12.6 Å². The maximum atomic E-state index is 11.5. The number of rotatable bonds is 3. The zero-order valence-electron chi connectivity index (χ0n) is 8.38. The predicted octanol–water partition coefficient (Wildman–Crippen LogP) is 1.03. The van der Waals surface area contributed by atoms with Crippen LogP contribution in [0.2, 0.25) is 0 Å². The molecule has 0 heterocycles. The minimum Gasteiger partial charge on any atom is -0.362 e. The lowest BCUT2D eigenvalue weighted by Crippen LogP contribution is -2.39. The molecule has 0 saturated carbocycles. The van der Waals surface area contributed by atoms with Crippen LogP contribution in [0.4, 0.5) is 0 Å². The monoisotopic (exact) mass is 175 g/mol. The third-order valence-electron chi connectivity index (χ3n) is 1.33. The van der Waals surface area contributed by atoms with E-state index in [2.05, 4.69) is 0 Å². The highest BCUT2D eigenvalue weighted by atomic mass is 16.7. The van der Waals surface area contributed by atoms with Crippen LogP contribution in [0.5, 0.6) is 0 Å². The van der Waals surface area contributed by atoms with Gasteiger partial charge in [-0.2, -0.15) is 5.06 Å². The summed E-state index contributed by atoms with van der Waals surface area (Å²) in [5.74, 6) is -0.0909. The topological polar surface area (TPSA) is 38.8 Å². The molecule has 0 N–H and O–H groups in total. The number of hydroxylamine groups is 2. The Morgan fingerprint density at radius 2 is 1.83 bits per heavy atom. The molecule has 0 aliphatic carbocycles. The van der Waals surface area contributed by atoms with E-state index in [1.807, 2.05) is 20.8 Å². The van der Waals surface area contributed by atoms with Gasteiger partial charge in [0.15, 0.2) is 0 Å². The Kier molecular flexibility index (Phi) is 4.20. The number of nitrogens with zero attached hydrogens (tertiary/aromatic N) is 1. The van der Waals surface area contributed by atoms with Crippen LogP contribution < -0.4 is 0 Å². The lowest BCUT2D eigenvalue weighted by atomic mass is 9.96. The molecule has 0 atom stereocenters. The highest BCUT2D eigenvalue weighted by Gasteiger charge is 2.27. The van der Waals surface area contributed by atoms with Crippen LogP contribution in [0.3, 0.4) is 0 Å². The van der Waals surface area contributed by atoms with Crippen molar-refractivity contribution in [1.29, 1.82) is 0 Å². The van der Waals surface area contributed by atoms with Gasteiger partial charge in [-0.05, 0) is 0 Å². The summed E-state index contributed by atoms with van der Waals surface area (Å²) in [7, 11) is 2.96. The molecule has 0 bridgehead atoms. The standard InChI is InChI=1S/C8H17NO3/c1-8(2,3)7(10)9(12-5)6-11-4/h6H2,1-5H3. The zero-order valence-corrected chi connectivity index (χ0v) is 8.38. The Morgan fingerprint density at radius 3 is 2.08 bits per heavy atom.